The number of hydrogen-bond acceptors (Lipinski definition) is 4. The molecule has 0 saturated carbocycles. The Hall–Kier alpha value is -1.31. The van der Waals surface area contributed by atoms with E-state index >= 15 is 0 Å². The van der Waals surface area contributed by atoms with Gasteiger partial charge in [0.05, 0.1) is 5.69 Å². The van der Waals surface area contributed by atoms with Gasteiger partial charge in [0.1, 0.15) is 0 Å². The Labute approximate surface area is 95.2 Å². The molecule has 0 radical (unpaired) electrons. The summed E-state index contributed by atoms with van der Waals surface area (Å²) in [6.45, 7) is 1.36. The SMILES string of the molecule is NCCCNc1cccc(NS(N)(=O)=O)c1. The smallest absolute Gasteiger partial charge is 0.296 e. The molecule has 0 amide bonds. The van der Waals surface area contributed by atoms with Crippen LogP contribution in [0.5, 0.6) is 0 Å². The third-order valence-corrected chi connectivity index (χ3v) is 2.35. The summed E-state index contributed by atoms with van der Waals surface area (Å²) < 4.78 is 23.8. The van der Waals surface area contributed by atoms with Gasteiger partial charge in [-0.2, -0.15) is 8.42 Å². The number of anilines is 2. The lowest BCUT2D eigenvalue weighted by Gasteiger charge is -2.08. The van der Waals surface area contributed by atoms with Crippen molar-refractivity contribution in [3.63, 3.8) is 0 Å². The van der Waals surface area contributed by atoms with Crippen LogP contribution < -0.4 is 20.9 Å². The second-order valence-corrected chi connectivity index (χ2v) is 4.59. The Kier molecular flexibility index (Phi) is 4.53. The molecule has 1 aromatic carbocycles. The molecule has 0 aliphatic rings. The van der Waals surface area contributed by atoms with Crippen molar-refractivity contribution < 1.29 is 8.42 Å². The van der Waals surface area contributed by atoms with Crippen LogP contribution in [0.4, 0.5) is 11.4 Å². The van der Waals surface area contributed by atoms with Crippen molar-refractivity contribution in [2.75, 3.05) is 23.1 Å². The topological polar surface area (TPSA) is 110 Å². The monoisotopic (exact) mass is 244 g/mol. The summed E-state index contributed by atoms with van der Waals surface area (Å²) >= 11 is 0. The van der Waals surface area contributed by atoms with E-state index in [1.165, 1.54) is 0 Å². The Morgan fingerprint density at radius 2 is 1.94 bits per heavy atom. The number of nitrogens with two attached hydrogens (primary N) is 2. The number of benzene rings is 1. The fourth-order valence-corrected chi connectivity index (χ4v) is 1.65. The van der Waals surface area contributed by atoms with Gasteiger partial charge in [0.2, 0.25) is 0 Å². The third kappa shape index (κ3) is 4.96. The number of hydrogen-bond donors (Lipinski definition) is 4. The summed E-state index contributed by atoms with van der Waals surface area (Å²) in [7, 11) is -3.72. The maximum absolute atomic E-state index is 10.8. The maximum Gasteiger partial charge on any atom is 0.296 e. The van der Waals surface area contributed by atoms with Crippen LogP contribution in [-0.2, 0) is 10.2 Å². The van der Waals surface area contributed by atoms with Gasteiger partial charge in [-0.25, -0.2) is 5.14 Å². The first kappa shape index (κ1) is 12.8. The van der Waals surface area contributed by atoms with E-state index in [1.54, 1.807) is 18.2 Å². The zero-order chi connectivity index (χ0) is 12.0. The molecule has 6 nitrogen and oxygen atoms in total. The lowest BCUT2D eigenvalue weighted by atomic mass is 10.3. The molecule has 16 heavy (non-hydrogen) atoms. The molecule has 1 aromatic rings. The average molecular weight is 244 g/mol. The summed E-state index contributed by atoms with van der Waals surface area (Å²) in [4.78, 5) is 0. The Balaban J connectivity index is 2.64. The predicted octanol–water partition coefficient (Wildman–Crippen LogP) is 0.0627. The minimum Gasteiger partial charge on any atom is -0.385 e. The lowest BCUT2D eigenvalue weighted by Crippen LogP contribution is -2.21. The molecule has 0 aromatic heterocycles. The molecule has 0 fully saturated rings. The number of nitrogens with one attached hydrogen (secondary N) is 2. The normalized spacial score (nSPS) is 11.1. The fraction of sp³-hybridized carbons (Fsp3) is 0.333. The van der Waals surface area contributed by atoms with Crippen molar-refractivity contribution in [3.05, 3.63) is 24.3 Å². The highest BCUT2D eigenvalue weighted by Crippen LogP contribution is 2.15. The molecule has 0 aliphatic carbocycles. The highest BCUT2D eigenvalue weighted by molar-refractivity contribution is 7.90. The highest BCUT2D eigenvalue weighted by Gasteiger charge is 2.02. The molecule has 90 valence electrons. The molecule has 1 rings (SSSR count). The average Bonchev–Trinajstić information content (AvgIpc) is 2.16. The molecule has 7 heteroatoms. The Morgan fingerprint density at radius 3 is 2.56 bits per heavy atom. The zero-order valence-corrected chi connectivity index (χ0v) is 9.63. The van der Waals surface area contributed by atoms with Crippen LogP contribution in [0.2, 0.25) is 0 Å². The molecule has 0 bridgehead atoms. The standard InChI is InChI=1S/C9H16N4O2S/c10-5-2-6-12-8-3-1-4-9(7-8)13-16(11,14)15/h1,3-4,7,12-13H,2,5-6,10H2,(H2,11,14,15). The van der Waals surface area contributed by atoms with Crippen molar-refractivity contribution in [3.8, 4) is 0 Å². The summed E-state index contributed by atoms with van der Waals surface area (Å²) in [6.07, 6.45) is 0.854. The van der Waals surface area contributed by atoms with Crippen molar-refractivity contribution in [1.29, 1.82) is 0 Å². The quantitative estimate of drug-likeness (QED) is 0.530. The lowest BCUT2D eigenvalue weighted by molar-refractivity contribution is 0.603. The van der Waals surface area contributed by atoms with Crippen LogP contribution in [0.3, 0.4) is 0 Å². The fourth-order valence-electron chi connectivity index (χ4n) is 1.19. The van der Waals surface area contributed by atoms with E-state index in [4.69, 9.17) is 10.9 Å². The van der Waals surface area contributed by atoms with Crippen LogP contribution in [-0.4, -0.2) is 21.5 Å². The summed E-state index contributed by atoms with van der Waals surface area (Å²) in [5.74, 6) is 0. The molecular weight excluding hydrogens is 228 g/mol. The first-order chi connectivity index (χ1) is 7.51. The second-order valence-electron chi connectivity index (χ2n) is 3.30. The predicted molar refractivity (Wildman–Crippen MR) is 65.3 cm³/mol. The molecule has 0 spiro atoms. The minimum atomic E-state index is -3.72. The first-order valence-corrected chi connectivity index (χ1v) is 6.40. The van der Waals surface area contributed by atoms with E-state index in [2.05, 4.69) is 10.0 Å². The van der Waals surface area contributed by atoms with E-state index in [-0.39, 0.29) is 0 Å². The van der Waals surface area contributed by atoms with Crippen LogP contribution in [0.15, 0.2) is 24.3 Å². The van der Waals surface area contributed by atoms with Crippen molar-refractivity contribution in [1.82, 2.24) is 0 Å². The van der Waals surface area contributed by atoms with E-state index in [0.29, 0.717) is 12.2 Å². The molecule has 0 unspecified atom stereocenters. The summed E-state index contributed by atoms with van der Waals surface area (Å²) in [6, 6.07) is 6.86. The van der Waals surface area contributed by atoms with Gasteiger partial charge in [0.15, 0.2) is 0 Å². The van der Waals surface area contributed by atoms with Crippen molar-refractivity contribution >= 4 is 21.6 Å². The second kappa shape index (κ2) is 5.69. The van der Waals surface area contributed by atoms with Crippen LogP contribution in [0.1, 0.15) is 6.42 Å². The van der Waals surface area contributed by atoms with Crippen LogP contribution in [0, 0.1) is 0 Å². The first-order valence-electron chi connectivity index (χ1n) is 4.86. The van der Waals surface area contributed by atoms with Crippen LogP contribution in [0.25, 0.3) is 0 Å². The third-order valence-electron chi connectivity index (χ3n) is 1.83. The van der Waals surface area contributed by atoms with Gasteiger partial charge in [-0.15, -0.1) is 0 Å². The van der Waals surface area contributed by atoms with Gasteiger partial charge < -0.3 is 11.1 Å². The van der Waals surface area contributed by atoms with E-state index in [9.17, 15) is 8.42 Å². The Bertz CT molecular complexity index is 433. The van der Waals surface area contributed by atoms with Gasteiger partial charge in [-0.05, 0) is 31.2 Å². The summed E-state index contributed by atoms with van der Waals surface area (Å²) in [5, 5.41) is 7.98. The molecule has 0 saturated heterocycles. The molecule has 0 aliphatic heterocycles. The highest BCUT2D eigenvalue weighted by atomic mass is 32.2. The van der Waals surface area contributed by atoms with E-state index < -0.39 is 10.2 Å². The van der Waals surface area contributed by atoms with Crippen molar-refractivity contribution in [2.45, 2.75) is 6.42 Å². The van der Waals surface area contributed by atoms with Gasteiger partial charge in [0.25, 0.3) is 10.2 Å². The molecule has 0 atom stereocenters. The van der Waals surface area contributed by atoms with E-state index in [0.717, 1.165) is 18.7 Å². The number of rotatable bonds is 6. The van der Waals surface area contributed by atoms with Gasteiger partial charge in [-0.3, -0.25) is 4.72 Å². The Morgan fingerprint density at radius 1 is 1.25 bits per heavy atom. The summed E-state index contributed by atoms with van der Waals surface area (Å²) in [5.41, 5.74) is 6.61. The van der Waals surface area contributed by atoms with Gasteiger partial charge in [-0.1, -0.05) is 6.07 Å². The maximum atomic E-state index is 10.8. The zero-order valence-electron chi connectivity index (χ0n) is 8.81. The van der Waals surface area contributed by atoms with Crippen molar-refractivity contribution in [2.24, 2.45) is 10.9 Å². The van der Waals surface area contributed by atoms with E-state index in [1.807, 2.05) is 6.07 Å². The van der Waals surface area contributed by atoms with Gasteiger partial charge in [0, 0.05) is 12.2 Å². The molecule has 0 heterocycles. The molecular formula is C9H16N4O2S. The van der Waals surface area contributed by atoms with Gasteiger partial charge >= 0.3 is 0 Å². The molecule has 6 N–H and O–H groups in total. The minimum absolute atomic E-state index is 0.431. The largest absolute Gasteiger partial charge is 0.385 e. The van der Waals surface area contributed by atoms with Crippen LogP contribution >= 0.6 is 0 Å².